The highest BCUT2D eigenvalue weighted by molar-refractivity contribution is 5.75. The lowest BCUT2D eigenvalue weighted by Crippen LogP contribution is -2.32. The summed E-state index contributed by atoms with van der Waals surface area (Å²) in [6.07, 6.45) is 8.87. The van der Waals surface area contributed by atoms with Crippen LogP contribution in [0, 0.1) is 11.8 Å². The number of hydrogen-bond donors (Lipinski definition) is 1. The van der Waals surface area contributed by atoms with E-state index < -0.39 is 0 Å². The van der Waals surface area contributed by atoms with Crippen LogP contribution in [0.1, 0.15) is 70.3 Å². The Labute approximate surface area is 157 Å². The van der Waals surface area contributed by atoms with Crippen molar-refractivity contribution in [2.75, 3.05) is 6.54 Å². The topological polar surface area (TPSA) is 55.4 Å². The fourth-order valence-electron chi connectivity index (χ4n) is 3.51. The molecule has 1 amide bonds. The minimum atomic E-state index is -0.0766. The minimum Gasteiger partial charge on any atom is -0.461 e. The molecule has 1 aliphatic carbocycles. The molecule has 0 unspecified atom stereocenters. The normalized spacial score (nSPS) is 19.7. The molecule has 1 aromatic rings. The first-order valence-electron chi connectivity index (χ1n) is 10.2. The molecule has 26 heavy (non-hydrogen) atoms. The Balaban J connectivity index is 1.58. The molecule has 4 nitrogen and oxygen atoms in total. The number of nitrogens with one attached hydrogen (secondary N) is 1. The van der Waals surface area contributed by atoms with E-state index in [4.69, 9.17) is 4.74 Å². The predicted octanol–water partition coefficient (Wildman–Crippen LogP) is 4.62. The van der Waals surface area contributed by atoms with Crippen molar-refractivity contribution in [2.45, 2.75) is 71.3 Å². The highest BCUT2D eigenvalue weighted by Gasteiger charge is 2.27. The van der Waals surface area contributed by atoms with Gasteiger partial charge < -0.3 is 10.1 Å². The molecule has 4 heteroatoms. The smallest absolute Gasteiger partial charge is 0.309 e. The summed E-state index contributed by atoms with van der Waals surface area (Å²) >= 11 is 0. The lowest BCUT2D eigenvalue weighted by molar-refractivity contribution is -0.151. The number of ether oxygens (including phenoxy) is 1. The molecule has 1 aliphatic rings. The first-order chi connectivity index (χ1) is 12.7. The van der Waals surface area contributed by atoms with Gasteiger partial charge in [-0.1, -0.05) is 56.5 Å². The number of hydrogen-bond acceptors (Lipinski definition) is 3. The van der Waals surface area contributed by atoms with Gasteiger partial charge in [-0.25, -0.2) is 0 Å². The molecule has 1 aromatic carbocycles. The second-order valence-corrected chi connectivity index (χ2v) is 7.43. The largest absolute Gasteiger partial charge is 0.461 e. The molecule has 0 aliphatic heterocycles. The van der Waals surface area contributed by atoms with E-state index in [1.54, 1.807) is 0 Å². The second-order valence-electron chi connectivity index (χ2n) is 7.43. The monoisotopic (exact) mass is 359 g/mol. The molecule has 0 spiro atoms. The lowest BCUT2D eigenvalue weighted by atomic mass is 9.82. The average Bonchev–Trinajstić information content (AvgIpc) is 2.69. The molecule has 144 valence electrons. The van der Waals surface area contributed by atoms with Crippen molar-refractivity contribution in [2.24, 2.45) is 11.8 Å². The molecule has 1 fully saturated rings. The summed E-state index contributed by atoms with van der Waals surface area (Å²) in [6, 6.07) is 9.79. The Morgan fingerprint density at radius 3 is 2.46 bits per heavy atom. The highest BCUT2D eigenvalue weighted by atomic mass is 16.5. The van der Waals surface area contributed by atoms with Crippen LogP contribution >= 0.6 is 0 Å². The zero-order valence-corrected chi connectivity index (χ0v) is 16.0. The van der Waals surface area contributed by atoms with E-state index in [0.29, 0.717) is 18.9 Å². The summed E-state index contributed by atoms with van der Waals surface area (Å²) in [4.78, 5) is 24.1. The Kier molecular flexibility index (Phi) is 9.22. The average molecular weight is 360 g/mol. The van der Waals surface area contributed by atoms with Crippen LogP contribution in [0.25, 0.3) is 0 Å². The molecule has 0 atom stereocenters. The van der Waals surface area contributed by atoms with Crippen LogP contribution in [-0.4, -0.2) is 18.4 Å². The predicted molar refractivity (Wildman–Crippen MR) is 103 cm³/mol. The van der Waals surface area contributed by atoms with E-state index in [2.05, 4.69) is 12.2 Å². The van der Waals surface area contributed by atoms with E-state index >= 15 is 0 Å². The van der Waals surface area contributed by atoms with Crippen LogP contribution in [0.5, 0.6) is 0 Å². The van der Waals surface area contributed by atoms with Crippen LogP contribution < -0.4 is 5.32 Å². The van der Waals surface area contributed by atoms with Gasteiger partial charge in [-0.15, -0.1) is 0 Å². The first-order valence-corrected chi connectivity index (χ1v) is 10.2. The van der Waals surface area contributed by atoms with E-state index in [0.717, 1.165) is 50.6 Å². The molecule has 1 saturated carbocycles. The van der Waals surface area contributed by atoms with Crippen LogP contribution in [0.4, 0.5) is 0 Å². The van der Waals surface area contributed by atoms with Gasteiger partial charge in [-0.05, 0) is 43.6 Å². The Hall–Kier alpha value is -1.84. The molecule has 0 radical (unpaired) electrons. The van der Waals surface area contributed by atoms with Crippen molar-refractivity contribution < 1.29 is 14.3 Å². The van der Waals surface area contributed by atoms with E-state index in [9.17, 15) is 9.59 Å². The van der Waals surface area contributed by atoms with Gasteiger partial charge in [-0.3, -0.25) is 9.59 Å². The summed E-state index contributed by atoms with van der Waals surface area (Å²) in [5.74, 6) is 0.602. The van der Waals surface area contributed by atoms with Crippen molar-refractivity contribution in [3.05, 3.63) is 35.9 Å². The summed E-state index contributed by atoms with van der Waals surface area (Å²) in [5, 5.41) is 3.06. The second kappa shape index (κ2) is 11.7. The standard InChI is InChI=1S/C22H33NO3/c1-2-3-4-8-11-21(24)23-16-18-12-14-20(15-13-18)22(25)26-17-19-9-6-5-7-10-19/h5-7,9-10,18,20H,2-4,8,11-17H2,1H3,(H,23,24)/t18-,20-. The molecule has 1 N–H and O–H groups in total. The summed E-state index contributed by atoms with van der Waals surface area (Å²) in [7, 11) is 0. The molecule has 0 heterocycles. The number of carbonyl (C=O) groups excluding carboxylic acids is 2. The zero-order valence-electron chi connectivity index (χ0n) is 16.0. The molecular formula is C22H33NO3. The van der Waals surface area contributed by atoms with Gasteiger partial charge in [-0.2, -0.15) is 0 Å². The van der Waals surface area contributed by atoms with Crippen LogP contribution in [0.3, 0.4) is 0 Å². The molecule has 0 aromatic heterocycles. The summed E-state index contributed by atoms with van der Waals surface area (Å²) in [5.41, 5.74) is 1.02. The van der Waals surface area contributed by atoms with Gasteiger partial charge in [0.15, 0.2) is 0 Å². The number of benzene rings is 1. The van der Waals surface area contributed by atoms with Gasteiger partial charge in [0.25, 0.3) is 0 Å². The fraction of sp³-hybridized carbons (Fsp3) is 0.636. The quantitative estimate of drug-likeness (QED) is 0.490. The van der Waals surface area contributed by atoms with Crippen molar-refractivity contribution in [1.29, 1.82) is 0 Å². The third kappa shape index (κ3) is 7.59. The van der Waals surface area contributed by atoms with Crippen LogP contribution in [-0.2, 0) is 20.9 Å². The molecule has 2 rings (SSSR count). The SMILES string of the molecule is CCCCCCC(=O)NC[C@H]1CC[C@H](C(=O)OCc2ccccc2)CC1. The van der Waals surface area contributed by atoms with Gasteiger partial charge in [0.05, 0.1) is 5.92 Å². The zero-order chi connectivity index (χ0) is 18.6. The van der Waals surface area contributed by atoms with Crippen molar-refractivity contribution in [1.82, 2.24) is 5.32 Å². The van der Waals surface area contributed by atoms with E-state index in [1.165, 1.54) is 12.8 Å². The molecule has 0 bridgehead atoms. The number of rotatable bonds is 10. The molecular weight excluding hydrogens is 326 g/mol. The summed E-state index contributed by atoms with van der Waals surface area (Å²) < 4.78 is 5.46. The van der Waals surface area contributed by atoms with Crippen molar-refractivity contribution >= 4 is 11.9 Å². The minimum absolute atomic E-state index is 0.0136. The summed E-state index contributed by atoms with van der Waals surface area (Å²) in [6.45, 7) is 3.28. The number of amides is 1. The third-order valence-electron chi connectivity index (χ3n) is 5.25. The van der Waals surface area contributed by atoms with Crippen LogP contribution in [0.2, 0.25) is 0 Å². The van der Waals surface area contributed by atoms with Crippen molar-refractivity contribution in [3.63, 3.8) is 0 Å². The Bertz CT molecular complexity index is 536. The van der Waals surface area contributed by atoms with Gasteiger partial charge in [0.1, 0.15) is 6.61 Å². The van der Waals surface area contributed by atoms with Crippen LogP contribution in [0.15, 0.2) is 30.3 Å². The number of unbranched alkanes of at least 4 members (excludes halogenated alkanes) is 3. The van der Waals surface area contributed by atoms with E-state index in [-0.39, 0.29) is 17.8 Å². The highest BCUT2D eigenvalue weighted by Crippen LogP contribution is 2.29. The number of esters is 1. The Morgan fingerprint density at radius 1 is 1.04 bits per heavy atom. The maximum atomic E-state index is 12.2. The Morgan fingerprint density at radius 2 is 1.77 bits per heavy atom. The van der Waals surface area contributed by atoms with Gasteiger partial charge >= 0.3 is 5.97 Å². The van der Waals surface area contributed by atoms with E-state index in [1.807, 2.05) is 30.3 Å². The van der Waals surface area contributed by atoms with Gasteiger partial charge in [0.2, 0.25) is 5.91 Å². The molecule has 0 saturated heterocycles. The lowest BCUT2D eigenvalue weighted by Gasteiger charge is -2.27. The van der Waals surface area contributed by atoms with Crippen molar-refractivity contribution in [3.8, 4) is 0 Å². The third-order valence-corrected chi connectivity index (χ3v) is 5.25. The number of carbonyl (C=O) groups is 2. The van der Waals surface area contributed by atoms with Gasteiger partial charge in [0, 0.05) is 13.0 Å². The maximum Gasteiger partial charge on any atom is 0.309 e. The fourth-order valence-corrected chi connectivity index (χ4v) is 3.51. The maximum absolute atomic E-state index is 12.2. The first kappa shape index (κ1) is 20.5.